The number of rotatable bonds is 12. The lowest BCUT2D eigenvalue weighted by molar-refractivity contribution is -0.440. The number of non-ortho nitro benzene ring substituents is 1. The van der Waals surface area contributed by atoms with E-state index >= 15 is 0 Å². The zero-order valence-corrected chi connectivity index (χ0v) is 22.4. The normalized spacial score (nSPS) is 17.3. The quantitative estimate of drug-likeness (QED) is 0.0806. The van der Waals surface area contributed by atoms with Gasteiger partial charge in [-0.25, -0.2) is 9.59 Å². The van der Waals surface area contributed by atoms with Crippen molar-refractivity contribution in [1.29, 1.82) is 0 Å². The first kappa shape index (κ1) is 37.1. The van der Waals surface area contributed by atoms with Crippen LogP contribution >= 0.6 is 0 Å². The Labute approximate surface area is 242 Å². The fourth-order valence-corrected chi connectivity index (χ4v) is 4.20. The Kier molecular flexibility index (Phi) is 9.92. The molecular formula is C24H19F13N2O6. The van der Waals surface area contributed by atoms with Crippen molar-refractivity contribution in [3.8, 4) is 0 Å². The van der Waals surface area contributed by atoms with Crippen molar-refractivity contribution >= 4 is 17.6 Å². The summed E-state index contributed by atoms with van der Waals surface area (Å²) < 4.78 is 177. The van der Waals surface area contributed by atoms with Crippen molar-refractivity contribution < 1.29 is 81.4 Å². The van der Waals surface area contributed by atoms with Gasteiger partial charge in [0.2, 0.25) is 0 Å². The standard InChI is InChI=1S/C24H19F13N2O6/c1-10-14(17(40)41)16(12-5-3-6-13(9-12)39(43)44)15(11(2)38-10)18(42)45-8-4-7-19(25,26)20(27,28)21(29,30)22(31,32)23(33,34)24(35,36)37/h3,5-6,9,16,38H,4,7-8H2,1-2H3,(H,40,41). The van der Waals surface area contributed by atoms with Gasteiger partial charge in [-0.1, -0.05) is 12.1 Å². The van der Waals surface area contributed by atoms with Gasteiger partial charge >= 0.3 is 47.7 Å². The maximum absolute atomic E-state index is 14.0. The Bertz CT molecular complexity index is 1420. The number of hydrogen-bond donors (Lipinski definition) is 2. The number of carboxylic acids is 1. The molecule has 252 valence electrons. The average molecular weight is 678 g/mol. The number of aliphatic carboxylic acids is 1. The van der Waals surface area contributed by atoms with Gasteiger partial charge in [0.05, 0.1) is 28.6 Å². The van der Waals surface area contributed by atoms with E-state index in [1.54, 1.807) is 0 Å². The highest BCUT2D eigenvalue weighted by Gasteiger charge is 2.90. The minimum Gasteiger partial charge on any atom is -0.478 e. The maximum Gasteiger partial charge on any atom is 0.460 e. The number of ether oxygens (including phenoxy) is 1. The molecular weight excluding hydrogens is 659 g/mol. The molecule has 45 heavy (non-hydrogen) atoms. The Morgan fingerprint density at radius 2 is 1.38 bits per heavy atom. The van der Waals surface area contributed by atoms with E-state index in [4.69, 9.17) is 0 Å². The Morgan fingerprint density at radius 3 is 1.87 bits per heavy atom. The minimum absolute atomic E-state index is 0.0660. The van der Waals surface area contributed by atoms with Crippen LogP contribution in [0.4, 0.5) is 62.8 Å². The number of nitro groups is 1. The van der Waals surface area contributed by atoms with E-state index in [9.17, 15) is 81.9 Å². The first-order valence-corrected chi connectivity index (χ1v) is 12.0. The Balaban J connectivity index is 2.32. The van der Waals surface area contributed by atoms with Crippen LogP contribution in [0.3, 0.4) is 0 Å². The van der Waals surface area contributed by atoms with Crippen molar-refractivity contribution in [2.75, 3.05) is 6.61 Å². The SMILES string of the molecule is CC1=C(C(=O)O)C(c2cccc([N+](=O)[O-])c2)C(C(=O)OCCCC(F)(F)C(F)(F)C(F)(F)C(F)(F)C(F)(F)C(F)(F)F)=C(C)N1. The van der Waals surface area contributed by atoms with Crippen LogP contribution in [0, 0.1) is 10.1 Å². The molecule has 0 aliphatic carbocycles. The molecule has 0 saturated carbocycles. The molecule has 1 aliphatic heterocycles. The third-order valence-electron chi connectivity index (χ3n) is 6.49. The fraction of sp³-hybridized carbons (Fsp3) is 0.500. The van der Waals surface area contributed by atoms with E-state index in [1.807, 2.05) is 0 Å². The molecule has 0 aromatic heterocycles. The molecule has 1 atom stereocenters. The monoisotopic (exact) mass is 678 g/mol. The summed E-state index contributed by atoms with van der Waals surface area (Å²) >= 11 is 0. The smallest absolute Gasteiger partial charge is 0.460 e. The molecule has 8 nitrogen and oxygen atoms in total. The van der Waals surface area contributed by atoms with Crippen LogP contribution < -0.4 is 5.32 Å². The molecule has 1 heterocycles. The number of hydrogen-bond acceptors (Lipinski definition) is 6. The average Bonchev–Trinajstić information content (AvgIpc) is 2.89. The lowest BCUT2D eigenvalue weighted by atomic mass is 9.80. The van der Waals surface area contributed by atoms with Gasteiger partial charge in [0.25, 0.3) is 5.69 Å². The number of halogens is 13. The van der Waals surface area contributed by atoms with Crippen LogP contribution in [0.5, 0.6) is 0 Å². The second-order valence-electron chi connectivity index (χ2n) is 9.53. The highest BCUT2D eigenvalue weighted by atomic mass is 19.4. The van der Waals surface area contributed by atoms with Gasteiger partial charge in [-0.3, -0.25) is 10.1 Å². The zero-order chi connectivity index (χ0) is 35.1. The van der Waals surface area contributed by atoms with Crippen LogP contribution in [0.2, 0.25) is 0 Å². The van der Waals surface area contributed by atoms with Gasteiger partial charge in [0, 0.05) is 29.9 Å². The number of allylic oxidation sites excluding steroid dienone is 2. The van der Waals surface area contributed by atoms with Crippen LogP contribution in [0.25, 0.3) is 0 Å². The first-order valence-electron chi connectivity index (χ1n) is 12.0. The van der Waals surface area contributed by atoms with Crippen molar-refractivity contribution in [2.24, 2.45) is 0 Å². The van der Waals surface area contributed by atoms with Crippen molar-refractivity contribution in [1.82, 2.24) is 5.32 Å². The molecule has 0 saturated heterocycles. The topological polar surface area (TPSA) is 119 Å². The minimum atomic E-state index is -8.05. The van der Waals surface area contributed by atoms with Crippen LogP contribution in [-0.2, 0) is 14.3 Å². The number of carbonyl (C=O) groups excluding carboxylic acids is 1. The second kappa shape index (κ2) is 12.0. The van der Waals surface area contributed by atoms with E-state index in [0.717, 1.165) is 18.2 Å². The fourth-order valence-electron chi connectivity index (χ4n) is 4.20. The highest BCUT2D eigenvalue weighted by Crippen LogP contribution is 2.60. The van der Waals surface area contributed by atoms with E-state index in [2.05, 4.69) is 10.1 Å². The summed E-state index contributed by atoms with van der Waals surface area (Å²) in [6.07, 6.45) is -11.7. The van der Waals surface area contributed by atoms with Gasteiger partial charge in [-0.15, -0.1) is 0 Å². The van der Waals surface area contributed by atoms with Gasteiger partial charge in [-0.2, -0.15) is 57.1 Å². The number of esters is 1. The van der Waals surface area contributed by atoms with E-state index < -0.39 is 94.9 Å². The molecule has 0 bridgehead atoms. The summed E-state index contributed by atoms with van der Waals surface area (Å²) in [5.41, 5.74) is -2.10. The second-order valence-corrected chi connectivity index (χ2v) is 9.53. The number of carboxylic acid groups (broad SMARTS) is 1. The molecule has 2 N–H and O–H groups in total. The van der Waals surface area contributed by atoms with Crippen molar-refractivity contribution in [3.05, 3.63) is 62.5 Å². The van der Waals surface area contributed by atoms with Crippen molar-refractivity contribution in [2.45, 2.75) is 68.4 Å². The number of carbonyl (C=O) groups is 2. The molecule has 0 fully saturated rings. The maximum atomic E-state index is 14.0. The number of benzene rings is 1. The predicted molar refractivity (Wildman–Crippen MR) is 123 cm³/mol. The molecule has 0 spiro atoms. The molecule has 1 aromatic rings. The van der Waals surface area contributed by atoms with E-state index in [0.29, 0.717) is 0 Å². The summed E-state index contributed by atoms with van der Waals surface area (Å²) in [5, 5.41) is 23.4. The molecule has 1 aliphatic rings. The third kappa shape index (κ3) is 6.37. The highest BCUT2D eigenvalue weighted by molar-refractivity contribution is 5.99. The summed E-state index contributed by atoms with van der Waals surface area (Å²) in [6, 6.07) is 4.18. The zero-order valence-electron chi connectivity index (χ0n) is 22.4. The summed E-state index contributed by atoms with van der Waals surface area (Å²) in [4.78, 5) is 35.2. The van der Waals surface area contributed by atoms with Crippen LogP contribution in [0.1, 0.15) is 38.2 Å². The molecule has 1 aromatic carbocycles. The number of alkyl halides is 13. The van der Waals surface area contributed by atoms with Gasteiger partial charge < -0.3 is 15.2 Å². The third-order valence-corrected chi connectivity index (χ3v) is 6.49. The summed E-state index contributed by atoms with van der Waals surface area (Å²) in [7, 11) is 0. The number of nitrogens with one attached hydrogen (secondary N) is 1. The van der Waals surface area contributed by atoms with Crippen LogP contribution in [0.15, 0.2) is 46.8 Å². The van der Waals surface area contributed by atoms with E-state index in [-0.39, 0.29) is 17.0 Å². The lowest BCUT2D eigenvalue weighted by Gasteiger charge is -2.39. The van der Waals surface area contributed by atoms with E-state index in [1.165, 1.54) is 19.9 Å². The lowest BCUT2D eigenvalue weighted by Crippen LogP contribution is -2.70. The Hall–Kier alpha value is -4.07. The number of nitro benzene ring substituents is 1. The number of dihydropyridines is 1. The first-order chi connectivity index (χ1) is 20.2. The Morgan fingerprint density at radius 1 is 0.867 bits per heavy atom. The van der Waals surface area contributed by atoms with Gasteiger partial charge in [0.15, 0.2) is 0 Å². The molecule has 1 unspecified atom stereocenters. The molecule has 2 rings (SSSR count). The molecule has 0 radical (unpaired) electrons. The van der Waals surface area contributed by atoms with Gasteiger partial charge in [-0.05, 0) is 25.8 Å². The largest absolute Gasteiger partial charge is 0.478 e. The molecule has 21 heteroatoms. The summed E-state index contributed by atoms with van der Waals surface area (Å²) in [6.45, 7) is 1.01. The summed E-state index contributed by atoms with van der Waals surface area (Å²) in [5.74, 6) is -42.6. The van der Waals surface area contributed by atoms with Crippen molar-refractivity contribution in [3.63, 3.8) is 0 Å². The number of nitrogens with zero attached hydrogens (tertiary/aromatic N) is 1. The predicted octanol–water partition coefficient (Wildman–Crippen LogP) is 6.98. The molecule has 0 amide bonds. The van der Waals surface area contributed by atoms with Gasteiger partial charge in [0.1, 0.15) is 0 Å². The van der Waals surface area contributed by atoms with Crippen LogP contribution in [-0.4, -0.2) is 64.4 Å².